The number of hydrogen-bond donors (Lipinski definition) is 1. The molecule has 1 heteroatoms. The molecule has 2 N–H and O–H groups in total. The van der Waals surface area contributed by atoms with E-state index in [0.717, 1.165) is 11.8 Å². The van der Waals surface area contributed by atoms with Crippen LogP contribution in [0.1, 0.15) is 60.3 Å². The fraction of sp³-hybridized carbons (Fsp3) is 1.00. The van der Waals surface area contributed by atoms with Crippen molar-refractivity contribution in [1.29, 1.82) is 0 Å². The van der Waals surface area contributed by atoms with Crippen molar-refractivity contribution in [3.63, 3.8) is 0 Å². The molecule has 0 heterocycles. The standard InChI is InChI=1S/C14H29N/c1-10(12(3)15)6-8-13-9-7-11(2)14(13,4)5/h10-13H,6-9,15H2,1-5H3. The van der Waals surface area contributed by atoms with Crippen molar-refractivity contribution in [2.45, 2.75) is 66.3 Å². The molecule has 0 aromatic rings. The molecule has 0 spiro atoms. The van der Waals surface area contributed by atoms with Gasteiger partial charge in [0.05, 0.1) is 0 Å². The Bertz CT molecular complexity index is 196. The van der Waals surface area contributed by atoms with Crippen LogP contribution < -0.4 is 5.73 Å². The van der Waals surface area contributed by atoms with E-state index < -0.39 is 0 Å². The van der Waals surface area contributed by atoms with Crippen molar-refractivity contribution >= 4 is 0 Å². The highest BCUT2D eigenvalue weighted by Gasteiger charge is 2.39. The van der Waals surface area contributed by atoms with Crippen LogP contribution in [-0.2, 0) is 0 Å². The maximum absolute atomic E-state index is 5.92. The van der Waals surface area contributed by atoms with Gasteiger partial charge >= 0.3 is 0 Å². The highest BCUT2D eigenvalue weighted by Crippen LogP contribution is 2.49. The second-order valence-electron chi connectivity index (χ2n) is 6.41. The van der Waals surface area contributed by atoms with Gasteiger partial charge in [0.2, 0.25) is 0 Å². The largest absolute Gasteiger partial charge is 0.328 e. The van der Waals surface area contributed by atoms with Crippen molar-refractivity contribution in [2.75, 3.05) is 0 Å². The smallest absolute Gasteiger partial charge is 0.00361 e. The van der Waals surface area contributed by atoms with E-state index in [9.17, 15) is 0 Å². The molecular weight excluding hydrogens is 182 g/mol. The number of nitrogens with two attached hydrogens (primary N) is 1. The van der Waals surface area contributed by atoms with Crippen molar-refractivity contribution in [1.82, 2.24) is 0 Å². The molecule has 0 amide bonds. The number of hydrogen-bond acceptors (Lipinski definition) is 1. The zero-order valence-corrected chi connectivity index (χ0v) is 11.2. The molecule has 0 aromatic heterocycles. The van der Waals surface area contributed by atoms with Gasteiger partial charge in [0.1, 0.15) is 0 Å². The maximum Gasteiger partial charge on any atom is 0.00361 e. The van der Waals surface area contributed by atoms with E-state index in [2.05, 4.69) is 34.6 Å². The van der Waals surface area contributed by atoms with E-state index in [4.69, 9.17) is 5.73 Å². The third-order valence-electron chi connectivity index (χ3n) is 5.14. The topological polar surface area (TPSA) is 26.0 Å². The molecular formula is C14H29N. The fourth-order valence-corrected chi connectivity index (χ4v) is 2.84. The molecule has 4 unspecified atom stereocenters. The van der Waals surface area contributed by atoms with Gasteiger partial charge in [-0.3, -0.25) is 0 Å². The quantitative estimate of drug-likeness (QED) is 0.751. The summed E-state index contributed by atoms with van der Waals surface area (Å²) in [5, 5.41) is 0. The van der Waals surface area contributed by atoms with Crippen LogP contribution in [0.15, 0.2) is 0 Å². The van der Waals surface area contributed by atoms with Crippen LogP contribution in [0.5, 0.6) is 0 Å². The molecule has 1 nitrogen and oxygen atoms in total. The summed E-state index contributed by atoms with van der Waals surface area (Å²) in [6.07, 6.45) is 5.53. The van der Waals surface area contributed by atoms with E-state index >= 15 is 0 Å². The Balaban J connectivity index is 2.40. The van der Waals surface area contributed by atoms with Crippen LogP contribution >= 0.6 is 0 Å². The van der Waals surface area contributed by atoms with E-state index in [1.54, 1.807) is 0 Å². The number of rotatable bonds is 4. The van der Waals surface area contributed by atoms with Crippen molar-refractivity contribution in [3.05, 3.63) is 0 Å². The van der Waals surface area contributed by atoms with Crippen LogP contribution in [0.3, 0.4) is 0 Å². The zero-order chi connectivity index (χ0) is 11.6. The molecule has 1 saturated carbocycles. The molecule has 0 aromatic carbocycles. The summed E-state index contributed by atoms with van der Waals surface area (Å²) >= 11 is 0. The minimum Gasteiger partial charge on any atom is -0.328 e. The Morgan fingerprint density at radius 2 is 1.87 bits per heavy atom. The summed E-state index contributed by atoms with van der Waals surface area (Å²) in [5.41, 5.74) is 6.47. The molecule has 1 fully saturated rings. The Morgan fingerprint density at radius 3 is 2.27 bits per heavy atom. The summed E-state index contributed by atoms with van der Waals surface area (Å²) in [6, 6.07) is 0.354. The zero-order valence-electron chi connectivity index (χ0n) is 11.2. The lowest BCUT2D eigenvalue weighted by Gasteiger charge is -2.32. The van der Waals surface area contributed by atoms with Gasteiger partial charge in [-0.15, -0.1) is 0 Å². The molecule has 1 aliphatic rings. The average Bonchev–Trinajstić information content (AvgIpc) is 2.39. The van der Waals surface area contributed by atoms with Crippen molar-refractivity contribution < 1.29 is 0 Å². The van der Waals surface area contributed by atoms with Crippen LogP contribution in [0.2, 0.25) is 0 Å². The van der Waals surface area contributed by atoms with E-state index in [-0.39, 0.29) is 0 Å². The summed E-state index contributed by atoms with van der Waals surface area (Å²) < 4.78 is 0. The van der Waals surface area contributed by atoms with Gasteiger partial charge < -0.3 is 5.73 Å². The van der Waals surface area contributed by atoms with Gasteiger partial charge in [0.15, 0.2) is 0 Å². The summed E-state index contributed by atoms with van der Waals surface area (Å²) in [7, 11) is 0. The van der Waals surface area contributed by atoms with Crippen LogP contribution in [-0.4, -0.2) is 6.04 Å². The van der Waals surface area contributed by atoms with Crippen LogP contribution in [0, 0.1) is 23.2 Å². The van der Waals surface area contributed by atoms with Crippen LogP contribution in [0.25, 0.3) is 0 Å². The van der Waals surface area contributed by atoms with E-state index in [1.165, 1.54) is 25.7 Å². The minimum absolute atomic E-state index is 0.354. The monoisotopic (exact) mass is 211 g/mol. The summed E-state index contributed by atoms with van der Waals surface area (Å²) in [5.74, 6) is 2.50. The predicted molar refractivity (Wildman–Crippen MR) is 67.7 cm³/mol. The first-order chi connectivity index (χ1) is 6.85. The Labute approximate surface area is 95.8 Å². The first-order valence-corrected chi connectivity index (χ1v) is 6.61. The molecule has 1 aliphatic carbocycles. The fourth-order valence-electron chi connectivity index (χ4n) is 2.84. The molecule has 0 aliphatic heterocycles. The van der Waals surface area contributed by atoms with Crippen LogP contribution in [0.4, 0.5) is 0 Å². The second kappa shape index (κ2) is 4.86. The first kappa shape index (κ1) is 13.0. The first-order valence-electron chi connectivity index (χ1n) is 6.61. The lowest BCUT2D eigenvalue weighted by Crippen LogP contribution is -2.27. The molecule has 0 radical (unpaired) electrons. The van der Waals surface area contributed by atoms with Gasteiger partial charge in [-0.05, 0) is 55.8 Å². The van der Waals surface area contributed by atoms with Gasteiger partial charge in [-0.1, -0.05) is 27.7 Å². The summed E-state index contributed by atoms with van der Waals surface area (Å²) in [4.78, 5) is 0. The van der Waals surface area contributed by atoms with Crippen molar-refractivity contribution in [2.24, 2.45) is 28.9 Å². The molecule has 0 bridgehead atoms. The van der Waals surface area contributed by atoms with E-state index in [0.29, 0.717) is 17.4 Å². The van der Waals surface area contributed by atoms with Gasteiger partial charge in [0.25, 0.3) is 0 Å². The van der Waals surface area contributed by atoms with E-state index in [1.807, 2.05) is 0 Å². The third-order valence-corrected chi connectivity index (χ3v) is 5.14. The molecule has 4 atom stereocenters. The second-order valence-corrected chi connectivity index (χ2v) is 6.41. The normalized spacial score (nSPS) is 34.0. The molecule has 90 valence electrons. The SMILES string of the molecule is CC(N)C(C)CCC1CCC(C)C1(C)C. The Kier molecular flexibility index (Phi) is 4.22. The molecule has 0 saturated heterocycles. The van der Waals surface area contributed by atoms with Crippen molar-refractivity contribution in [3.8, 4) is 0 Å². The maximum atomic E-state index is 5.92. The molecule has 1 rings (SSSR count). The Hall–Kier alpha value is -0.0400. The predicted octanol–water partition coefficient (Wildman–Crippen LogP) is 3.82. The minimum atomic E-state index is 0.354. The summed E-state index contributed by atoms with van der Waals surface area (Å²) in [6.45, 7) is 11.7. The Morgan fingerprint density at radius 1 is 1.27 bits per heavy atom. The lowest BCUT2D eigenvalue weighted by atomic mass is 9.73. The highest BCUT2D eigenvalue weighted by molar-refractivity contribution is 4.90. The third kappa shape index (κ3) is 2.96. The molecule has 15 heavy (non-hydrogen) atoms. The highest BCUT2D eigenvalue weighted by atomic mass is 14.6. The average molecular weight is 211 g/mol. The lowest BCUT2D eigenvalue weighted by molar-refractivity contribution is 0.178. The van der Waals surface area contributed by atoms with Gasteiger partial charge in [-0.2, -0.15) is 0 Å². The van der Waals surface area contributed by atoms with Gasteiger partial charge in [-0.25, -0.2) is 0 Å². The van der Waals surface area contributed by atoms with Gasteiger partial charge in [0, 0.05) is 6.04 Å².